The number of fused-ring (bicyclic) bond motifs is 1. The molecule has 2 aromatic heterocycles. The van der Waals surface area contributed by atoms with E-state index in [1.54, 1.807) is 18.3 Å². The SMILES string of the molecule is Cc1cc(C(=O)COc2ccc(Cl)c3c2C(=O)C[C@H]3C)c(C)n1-c1ccccn1. The van der Waals surface area contributed by atoms with E-state index in [1.807, 2.05) is 49.6 Å². The van der Waals surface area contributed by atoms with Gasteiger partial charge in [0, 0.05) is 34.6 Å². The number of ketones is 2. The summed E-state index contributed by atoms with van der Waals surface area (Å²) in [5.41, 5.74) is 3.63. The minimum atomic E-state index is -0.151. The van der Waals surface area contributed by atoms with Gasteiger partial charge >= 0.3 is 0 Å². The summed E-state index contributed by atoms with van der Waals surface area (Å²) >= 11 is 6.28. The molecular formula is C23H21ClN2O3. The highest BCUT2D eigenvalue weighted by atomic mass is 35.5. The van der Waals surface area contributed by atoms with E-state index in [9.17, 15) is 9.59 Å². The smallest absolute Gasteiger partial charge is 0.202 e. The average molecular weight is 409 g/mol. The third kappa shape index (κ3) is 3.36. The van der Waals surface area contributed by atoms with E-state index in [0.717, 1.165) is 22.8 Å². The fraction of sp³-hybridized carbons (Fsp3) is 0.261. The van der Waals surface area contributed by atoms with Gasteiger partial charge in [0.15, 0.2) is 12.4 Å². The summed E-state index contributed by atoms with van der Waals surface area (Å²) in [6.07, 6.45) is 2.13. The second kappa shape index (κ2) is 7.48. The van der Waals surface area contributed by atoms with E-state index in [2.05, 4.69) is 4.98 Å². The van der Waals surface area contributed by atoms with Crippen LogP contribution in [0.15, 0.2) is 42.6 Å². The molecule has 3 aromatic rings. The third-order valence-electron chi connectivity index (χ3n) is 5.39. The second-order valence-electron chi connectivity index (χ2n) is 7.38. The molecule has 1 aliphatic carbocycles. The number of benzene rings is 1. The van der Waals surface area contributed by atoms with Crippen molar-refractivity contribution in [1.29, 1.82) is 0 Å². The normalized spacial score (nSPS) is 15.4. The van der Waals surface area contributed by atoms with Crippen LogP contribution in [0, 0.1) is 13.8 Å². The molecule has 6 heteroatoms. The van der Waals surface area contributed by atoms with Crippen LogP contribution in [0.1, 0.15) is 56.9 Å². The zero-order valence-corrected chi connectivity index (χ0v) is 17.3. The Kier molecular flexibility index (Phi) is 5.01. The Labute approximate surface area is 174 Å². The highest BCUT2D eigenvalue weighted by Crippen LogP contribution is 2.42. The van der Waals surface area contributed by atoms with Gasteiger partial charge in [0.2, 0.25) is 5.78 Å². The van der Waals surface area contributed by atoms with Crippen molar-refractivity contribution in [2.45, 2.75) is 33.1 Å². The molecule has 148 valence electrons. The number of pyridine rings is 1. The number of carbonyl (C=O) groups excluding carboxylic acids is 2. The highest BCUT2D eigenvalue weighted by Gasteiger charge is 2.32. The zero-order chi connectivity index (χ0) is 20.7. The van der Waals surface area contributed by atoms with Crippen LogP contribution >= 0.6 is 11.6 Å². The number of hydrogen-bond acceptors (Lipinski definition) is 4. The lowest BCUT2D eigenvalue weighted by Crippen LogP contribution is -2.14. The number of carbonyl (C=O) groups is 2. The van der Waals surface area contributed by atoms with Gasteiger partial charge in [0.1, 0.15) is 11.6 Å². The van der Waals surface area contributed by atoms with Crippen molar-refractivity contribution in [2.75, 3.05) is 6.61 Å². The molecule has 1 atom stereocenters. The van der Waals surface area contributed by atoms with Crippen molar-refractivity contribution in [3.8, 4) is 11.6 Å². The van der Waals surface area contributed by atoms with Gasteiger partial charge in [-0.15, -0.1) is 0 Å². The van der Waals surface area contributed by atoms with Gasteiger partial charge in [-0.05, 0) is 55.7 Å². The van der Waals surface area contributed by atoms with Crippen molar-refractivity contribution < 1.29 is 14.3 Å². The third-order valence-corrected chi connectivity index (χ3v) is 5.72. The van der Waals surface area contributed by atoms with Crippen molar-refractivity contribution >= 4 is 23.2 Å². The van der Waals surface area contributed by atoms with Crippen LogP contribution in [0.3, 0.4) is 0 Å². The van der Waals surface area contributed by atoms with Crippen LogP contribution in [0.4, 0.5) is 0 Å². The molecule has 0 amide bonds. The maximum Gasteiger partial charge on any atom is 0.202 e. The lowest BCUT2D eigenvalue weighted by Gasteiger charge is -2.12. The fourth-order valence-electron chi connectivity index (χ4n) is 4.05. The van der Waals surface area contributed by atoms with E-state index in [4.69, 9.17) is 16.3 Å². The Bertz CT molecular complexity index is 1120. The fourth-order valence-corrected chi connectivity index (χ4v) is 4.39. The maximum absolute atomic E-state index is 12.9. The van der Waals surface area contributed by atoms with Gasteiger partial charge in [-0.1, -0.05) is 24.6 Å². The Morgan fingerprint density at radius 3 is 2.79 bits per heavy atom. The standard InChI is InChI=1S/C23H21ClN2O3/c1-13-10-18(27)23-20(8-7-17(24)22(13)23)29-12-19(28)16-11-14(2)26(15(16)3)21-6-4-5-9-25-21/h4-9,11,13H,10,12H2,1-3H3/t13-/m1/s1. The van der Waals surface area contributed by atoms with E-state index in [-0.39, 0.29) is 24.1 Å². The Morgan fingerprint density at radius 2 is 2.07 bits per heavy atom. The minimum Gasteiger partial charge on any atom is -0.485 e. The molecule has 29 heavy (non-hydrogen) atoms. The molecule has 0 saturated heterocycles. The zero-order valence-electron chi connectivity index (χ0n) is 16.5. The summed E-state index contributed by atoms with van der Waals surface area (Å²) in [6, 6.07) is 10.9. The largest absolute Gasteiger partial charge is 0.485 e. The highest BCUT2D eigenvalue weighted by molar-refractivity contribution is 6.32. The number of ether oxygens (including phenoxy) is 1. The number of Topliss-reactive ketones (excluding diaryl/α,β-unsaturated/α-hetero) is 2. The van der Waals surface area contributed by atoms with Crippen LogP contribution in [-0.2, 0) is 0 Å². The molecule has 0 saturated carbocycles. The number of aryl methyl sites for hydroxylation is 1. The lowest BCUT2D eigenvalue weighted by molar-refractivity contribution is 0.0911. The van der Waals surface area contributed by atoms with Crippen LogP contribution in [0.5, 0.6) is 5.75 Å². The lowest BCUT2D eigenvalue weighted by atomic mass is 10.0. The molecule has 2 heterocycles. The first-order valence-electron chi connectivity index (χ1n) is 9.50. The van der Waals surface area contributed by atoms with E-state index in [1.165, 1.54) is 0 Å². The molecular weight excluding hydrogens is 388 g/mol. The summed E-state index contributed by atoms with van der Waals surface area (Å²) in [7, 11) is 0. The van der Waals surface area contributed by atoms with Crippen molar-refractivity contribution in [2.24, 2.45) is 0 Å². The molecule has 0 spiro atoms. The molecule has 0 aliphatic heterocycles. The Balaban J connectivity index is 1.59. The predicted molar refractivity (Wildman–Crippen MR) is 112 cm³/mol. The summed E-state index contributed by atoms with van der Waals surface area (Å²) in [5, 5.41) is 0.566. The van der Waals surface area contributed by atoms with Gasteiger partial charge < -0.3 is 9.30 Å². The van der Waals surface area contributed by atoms with Gasteiger partial charge in [0.05, 0.1) is 5.56 Å². The summed E-state index contributed by atoms with van der Waals surface area (Å²) < 4.78 is 7.74. The summed E-state index contributed by atoms with van der Waals surface area (Å²) in [4.78, 5) is 29.6. The molecule has 1 aromatic carbocycles. The molecule has 0 N–H and O–H groups in total. The van der Waals surface area contributed by atoms with E-state index in [0.29, 0.717) is 28.3 Å². The van der Waals surface area contributed by atoms with Gasteiger partial charge in [-0.25, -0.2) is 4.98 Å². The van der Waals surface area contributed by atoms with Gasteiger partial charge in [0.25, 0.3) is 0 Å². The molecule has 5 nitrogen and oxygen atoms in total. The first-order valence-corrected chi connectivity index (χ1v) is 9.88. The van der Waals surface area contributed by atoms with Crippen LogP contribution in [0.25, 0.3) is 5.82 Å². The molecule has 4 rings (SSSR count). The predicted octanol–water partition coefficient (Wildman–Crippen LogP) is 5.09. The molecule has 0 unspecified atom stereocenters. The second-order valence-corrected chi connectivity index (χ2v) is 7.79. The number of nitrogens with zero attached hydrogens (tertiary/aromatic N) is 2. The minimum absolute atomic E-state index is 0.00535. The van der Waals surface area contributed by atoms with E-state index >= 15 is 0 Å². The molecule has 1 aliphatic rings. The Hall–Kier alpha value is -2.92. The van der Waals surface area contributed by atoms with Gasteiger partial charge in [-0.2, -0.15) is 0 Å². The topological polar surface area (TPSA) is 61.2 Å². The molecule has 0 radical (unpaired) electrons. The van der Waals surface area contributed by atoms with Crippen LogP contribution < -0.4 is 4.74 Å². The Morgan fingerprint density at radius 1 is 1.28 bits per heavy atom. The van der Waals surface area contributed by atoms with Gasteiger partial charge in [-0.3, -0.25) is 9.59 Å². The molecule has 0 fully saturated rings. The number of rotatable bonds is 5. The van der Waals surface area contributed by atoms with Crippen molar-refractivity contribution in [1.82, 2.24) is 9.55 Å². The maximum atomic E-state index is 12.9. The first-order chi connectivity index (χ1) is 13.9. The number of aromatic nitrogens is 2. The first kappa shape index (κ1) is 19.4. The van der Waals surface area contributed by atoms with E-state index < -0.39 is 0 Å². The quantitative estimate of drug-likeness (QED) is 0.551. The van der Waals surface area contributed by atoms with Crippen molar-refractivity contribution in [3.05, 3.63) is 75.7 Å². The monoisotopic (exact) mass is 408 g/mol. The molecule has 0 bridgehead atoms. The average Bonchev–Trinajstić information content (AvgIpc) is 3.17. The van der Waals surface area contributed by atoms with Crippen LogP contribution in [-0.4, -0.2) is 27.7 Å². The van der Waals surface area contributed by atoms with Crippen molar-refractivity contribution in [3.63, 3.8) is 0 Å². The number of hydrogen-bond donors (Lipinski definition) is 0. The number of halogens is 1. The van der Waals surface area contributed by atoms with Crippen LogP contribution in [0.2, 0.25) is 5.02 Å². The summed E-state index contributed by atoms with van der Waals surface area (Å²) in [5.74, 6) is 1.10. The summed E-state index contributed by atoms with van der Waals surface area (Å²) in [6.45, 7) is 5.64.